The smallest absolute Gasteiger partial charge is 0.328 e. The lowest BCUT2D eigenvalue weighted by Crippen LogP contribution is -2.28. The van der Waals surface area contributed by atoms with Gasteiger partial charge in [-0.15, -0.1) is 0 Å². The van der Waals surface area contributed by atoms with Gasteiger partial charge in [-0.2, -0.15) is 0 Å². The number of fused-ring (bicyclic) bond motifs is 1. The summed E-state index contributed by atoms with van der Waals surface area (Å²) in [7, 11) is 3.61. The Morgan fingerprint density at radius 2 is 2.00 bits per heavy atom. The van der Waals surface area contributed by atoms with Gasteiger partial charge in [-0.3, -0.25) is 9.13 Å². The van der Waals surface area contributed by atoms with E-state index in [0.29, 0.717) is 0 Å². The number of ether oxygens (including phenoxy) is 1. The number of rotatable bonds is 2. The summed E-state index contributed by atoms with van der Waals surface area (Å²) in [6, 6.07) is 6.18. The van der Waals surface area contributed by atoms with Crippen LogP contribution in [-0.2, 0) is 18.8 Å². The van der Waals surface area contributed by atoms with Crippen molar-refractivity contribution in [2.75, 3.05) is 6.61 Å². The summed E-state index contributed by atoms with van der Waals surface area (Å²) in [4.78, 5) is 12.1. The monoisotopic (exact) mass is 338 g/mol. The number of benzene rings is 1. The van der Waals surface area contributed by atoms with Crippen molar-refractivity contribution >= 4 is 27.0 Å². The number of aromatic nitrogens is 2. The van der Waals surface area contributed by atoms with Crippen molar-refractivity contribution in [2.24, 2.45) is 14.1 Å². The molecule has 1 aliphatic rings. The molecule has 0 spiro atoms. The van der Waals surface area contributed by atoms with Gasteiger partial charge in [0.2, 0.25) is 0 Å². The molecule has 1 aromatic heterocycles. The number of halogens is 1. The molecule has 3 rings (SSSR count). The third-order valence-corrected chi connectivity index (χ3v) is 5.87. The standard InChI is InChI=1S/C15H19BrN2O2/c1-15(7-4-8-20-15)13(16)10-5-6-11-12(9-10)18(3)14(19)17(11)2/h5-6,9,13H,4,7-8H2,1-3H3. The maximum Gasteiger partial charge on any atom is 0.328 e. The fourth-order valence-electron chi connectivity index (χ4n) is 3.03. The molecule has 2 unspecified atom stereocenters. The first kappa shape index (κ1) is 13.9. The van der Waals surface area contributed by atoms with E-state index >= 15 is 0 Å². The van der Waals surface area contributed by atoms with E-state index in [1.807, 2.05) is 13.1 Å². The molecule has 2 atom stereocenters. The van der Waals surface area contributed by atoms with Crippen LogP contribution in [0.2, 0.25) is 0 Å². The van der Waals surface area contributed by atoms with Crippen molar-refractivity contribution in [1.82, 2.24) is 9.13 Å². The molecular formula is C15H19BrN2O2. The van der Waals surface area contributed by atoms with Crippen LogP contribution in [0.15, 0.2) is 23.0 Å². The SMILES string of the molecule is Cn1c(=O)n(C)c2cc(C(Br)C3(C)CCCO3)ccc21. The molecule has 1 fully saturated rings. The van der Waals surface area contributed by atoms with E-state index in [1.165, 1.54) is 0 Å². The minimum Gasteiger partial charge on any atom is -0.374 e. The number of hydrogen-bond acceptors (Lipinski definition) is 2. The quantitative estimate of drug-likeness (QED) is 0.789. The molecule has 1 saturated heterocycles. The Bertz CT molecular complexity index is 710. The highest BCUT2D eigenvalue weighted by Gasteiger charge is 2.38. The van der Waals surface area contributed by atoms with Gasteiger partial charge in [-0.1, -0.05) is 22.0 Å². The molecule has 0 bridgehead atoms. The zero-order valence-electron chi connectivity index (χ0n) is 12.0. The maximum absolute atomic E-state index is 12.0. The Balaban J connectivity index is 2.09. The van der Waals surface area contributed by atoms with Gasteiger partial charge < -0.3 is 4.74 Å². The number of hydrogen-bond donors (Lipinski definition) is 0. The van der Waals surface area contributed by atoms with Gasteiger partial charge in [0.05, 0.1) is 21.5 Å². The second-order valence-electron chi connectivity index (χ2n) is 5.78. The van der Waals surface area contributed by atoms with E-state index in [-0.39, 0.29) is 16.1 Å². The first-order valence-electron chi connectivity index (χ1n) is 6.87. The summed E-state index contributed by atoms with van der Waals surface area (Å²) >= 11 is 3.79. The van der Waals surface area contributed by atoms with Crippen LogP contribution in [0.5, 0.6) is 0 Å². The van der Waals surface area contributed by atoms with E-state index in [1.54, 1.807) is 16.2 Å². The number of nitrogens with zero attached hydrogens (tertiary/aromatic N) is 2. The predicted molar refractivity (Wildman–Crippen MR) is 83.4 cm³/mol. The van der Waals surface area contributed by atoms with Crippen LogP contribution in [0.1, 0.15) is 30.2 Å². The van der Waals surface area contributed by atoms with Gasteiger partial charge in [0.25, 0.3) is 0 Å². The fraction of sp³-hybridized carbons (Fsp3) is 0.533. The van der Waals surface area contributed by atoms with Crippen molar-refractivity contribution in [1.29, 1.82) is 0 Å². The molecule has 108 valence electrons. The third-order valence-electron chi connectivity index (χ3n) is 4.37. The minimum atomic E-state index is -0.165. The number of alkyl halides is 1. The molecule has 0 amide bonds. The van der Waals surface area contributed by atoms with Crippen LogP contribution in [0.4, 0.5) is 0 Å². The molecule has 0 aliphatic carbocycles. The van der Waals surface area contributed by atoms with E-state index in [9.17, 15) is 4.79 Å². The van der Waals surface area contributed by atoms with Crippen LogP contribution in [0.3, 0.4) is 0 Å². The first-order valence-corrected chi connectivity index (χ1v) is 7.79. The van der Waals surface area contributed by atoms with Crippen molar-refractivity contribution < 1.29 is 4.74 Å². The molecule has 2 aromatic rings. The van der Waals surface area contributed by atoms with Crippen LogP contribution < -0.4 is 5.69 Å². The van der Waals surface area contributed by atoms with Crippen molar-refractivity contribution in [3.63, 3.8) is 0 Å². The van der Waals surface area contributed by atoms with Gasteiger partial charge in [0.15, 0.2) is 0 Å². The molecular weight excluding hydrogens is 320 g/mol. The Morgan fingerprint density at radius 3 is 2.65 bits per heavy atom. The van der Waals surface area contributed by atoms with E-state index in [0.717, 1.165) is 36.0 Å². The molecule has 1 aromatic carbocycles. The minimum absolute atomic E-state index is 0.00611. The van der Waals surface area contributed by atoms with Crippen molar-refractivity contribution in [3.05, 3.63) is 34.2 Å². The molecule has 0 N–H and O–H groups in total. The Kier molecular flexibility index (Phi) is 3.29. The summed E-state index contributed by atoms with van der Waals surface area (Å²) < 4.78 is 9.27. The van der Waals surface area contributed by atoms with Gasteiger partial charge in [0, 0.05) is 20.7 Å². The van der Waals surface area contributed by atoms with Gasteiger partial charge in [-0.05, 0) is 37.5 Å². The summed E-state index contributed by atoms with van der Waals surface area (Å²) in [6.07, 6.45) is 2.15. The Hall–Kier alpha value is -1.07. The van der Waals surface area contributed by atoms with Gasteiger partial charge >= 0.3 is 5.69 Å². The first-order chi connectivity index (χ1) is 9.44. The summed E-state index contributed by atoms with van der Waals surface area (Å²) in [5, 5.41) is 0. The van der Waals surface area contributed by atoms with Crippen LogP contribution in [0, 0.1) is 0 Å². The van der Waals surface area contributed by atoms with E-state index in [4.69, 9.17) is 4.74 Å². The number of aryl methyl sites for hydroxylation is 2. The fourth-order valence-corrected chi connectivity index (χ4v) is 3.68. The summed E-state index contributed by atoms with van der Waals surface area (Å²) in [6.45, 7) is 2.97. The number of imidazole rings is 1. The molecule has 4 nitrogen and oxygen atoms in total. The molecule has 5 heteroatoms. The Morgan fingerprint density at radius 1 is 1.30 bits per heavy atom. The highest BCUT2D eigenvalue weighted by molar-refractivity contribution is 9.09. The average Bonchev–Trinajstić information content (AvgIpc) is 2.98. The topological polar surface area (TPSA) is 36.2 Å². The average molecular weight is 339 g/mol. The zero-order valence-corrected chi connectivity index (χ0v) is 13.6. The molecule has 2 heterocycles. The summed E-state index contributed by atoms with van der Waals surface area (Å²) in [5.74, 6) is 0. The van der Waals surface area contributed by atoms with Crippen LogP contribution >= 0.6 is 15.9 Å². The maximum atomic E-state index is 12.0. The second kappa shape index (κ2) is 4.74. The van der Waals surface area contributed by atoms with Gasteiger partial charge in [0.1, 0.15) is 0 Å². The van der Waals surface area contributed by atoms with Crippen LogP contribution in [0.25, 0.3) is 11.0 Å². The Labute approximate surface area is 126 Å². The zero-order chi connectivity index (χ0) is 14.5. The summed E-state index contributed by atoms with van der Waals surface area (Å²) in [5.41, 5.74) is 2.91. The van der Waals surface area contributed by atoms with E-state index in [2.05, 4.69) is 35.0 Å². The molecule has 0 saturated carbocycles. The second-order valence-corrected chi connectivity index (χ2v) is 6.69. The van der Waals surface area contributed by atoms with E-state index < -0.39 is 0 Å². The molecule has 1 aliphatic heterocycles. The third kappa shape index (κ3) is 1.95. The molecule has 20 heavy (non-hydrogen) atoms. The highest BCUT2D eigenvalue weighted by Crippen LogP contribution is 2.43. The lowest BCUT2D eigenvalue weighted by atomic mass is 9.93. The lowest BCUT2D eigenvalue weighted by Gasteiger charge is -2.29. The highest BCUT2D eigenvalue weighted by atomic mass is 79.9. The van der Waals surface area contributed by atoms with Crippen molar-refractivity contribution in [2.45, 2.75) is 30.2 Å². The van der Waals surface area contributed by atoms with Crippen molar-refractivity contribution in [3.8, 4) is 0 Å². The largest absolute Gasteiger partial charge is 0.374 e. The van der Waals surface area contributed by atoms with Crippen LogP contribution in [-0.4, -0.2) is 21.3 Å². The lowest BCUT2D eigenvalue weighted by molar-refractivity contribution is 0.0198. The predicted octanol–water partition coefficient (Wildman–Crippen LogP) is 2.88. The molecule has 0 radical (unpaired) electrons. The normalized spacial score (nSPS) is 24.4. The van der Waals surface area contributed by atoms with Gasteiger partial charge in [-0.25, -0.2) is 4.79 Å².